The van der Waals surface area contributed by atoms with Crippen LogP contribution in [-0.2, 0) is 11.3 Å². The lowest BCUT2D eigenvalue weighted by Crippen LogP contribution is -2.53. The number of nitrogens with zero attached hydrogens (tertiary/aromatic N) is 2. The third kappa shape index (κ3) is 5.82. The summed E-state index contributed by atoms with van der Waals surface area (Å²) in [6.07, 6.45) is 2.32. The minimum atomic E-state index is 0. The summed E-state index contributed by atoms with van der Waals surface area (Å²) in [7, 11) is 1.85. The fourth-order valence-corrected chi connectivity index (χ4v) is 3.50. The van der Waals surface area contributed by atoms with Crippen LogP contribution in [0.2, 0.25) is 0 Å². The molecule has 2 heterocycles. The van der Waals surface area contributed by atoms with E-state index < -0.39 is 0 Å². The number of halogens is 1. The first kappa shape index (κ1) is 21.4. The van der Waals surface area contributed by atoms with E-state index in [1.165, 1.54) is 11.1 Å². The first-order valence-electron chi connectivity index (χ1n) is 9.40. The van der Waals surface area contributed by atoms with Crippen LogP contribution < -0.4 is 10.6 Å². The van der Waals surface area contributed by atoms with E-state index in [1.54, 1.807) is 0 Å². The van der Waals surface area contributed by atoms with E-state index >= 15 is 0 Å². The van der Waals surface area contributed by atoms with Gasteiger partial charge in [-0.25, -0.2) is 0 Å². The molecule has 5 nitrogen and oxygen atoms in total. The highest BCUT2D eigenvalue weighted by atomic mass is 127. The first-order valence-corrected chi connectivity index (χ1v) is 9.40. The van der Waals surface area contributed by atoms with Gasteiger partial charge in [0.25, 0.3) is 0 Å². The highest BCUT2D eigenvalue weighted by Gasteiger charge is 2.33. The molecule has 0 spiro atoms. The second kappa shape index (κ2) is 9.90. The number of hydrogen-bond acceptors (Lipinski definition) is 3. The van der Waals surface area contributed by atoms with Crippen LogP contribution in [0.1, 0.15) is 30.9 Å². The number of hydrogen-bond donors (Lipinski definition) is 2. The summed E-state index contributed by atoms with van der Waals surface area (Å²) < 4.78 is 5.32. The van der Waals surface area contributed by atoms with Gasteiger partial charge in [0.15, 0.2) is 5.96 Å². The molecule has 0 atom stereocenters. The van der Waals surface area contributed by atoms with E-state index in [1.807, 2.05) is 7.05 Å². The molecule has 1 aromatic rings. The molecule has 0 aromatic heterocycles. The molecule has 146 valence electrons. The fourth-order valence-electron chi connectivity index (χ4n) is 3.50. The van der Waals surface area contributed by atoms with Gasteiger partial charge in [-0.05, 0) is 30.9 Å². The average molecular weight is 472 g/mol. The molecule has 26 heavy (non-hydrogen) atoms. The van der Waals surface area contributed by atoms with Crippen molar-refractivity contribution >= 4 is 29.9 Å². The van der Waals surface area contributed by atoms with Crippen LogP contribution in [0.25, 0.3) is 0 Å². The fraction of sp³-hybridized carbons (Fsp3) is 0.650. The SMILES string of the molecule is CN=C(NCC1(C)COC1)NC1CCN(Cc2ccccc2C)CC1.I. The van der Waals surface area contributed by atoms with Crippen molar-refractivity contribution in [3.63, 3.8) is 0 Å². The number of guanidine groups is 1. The molecule has 2 aliphatic heterocycles. The molecule has 0 amide bonds. The van der Waals surface area contributed by atoms with Crippen LogP contribution in [0.5, 0.6) is 0 Å². The number of benzene rings is 1. The predicted octanol–water partition coefficient (Wildman–Crippen LogP) is 2.78. The normalized spacial score (nSPS) is 20.8. The molecular weight excluding hydrogens is 439 g/mol. The summed E-state index contributed by atoms with van der Waals surface area (Å²) in [6.45, 7) is 10.4. The Morgan fingerprint density at radius 3 is 2.54 bits per heavy atom. The number of ether oxygens (including phenoxy) is 1. The topological polar surface area (TPSA) is 48.9 Å². The summed E-state index contributed by atoms with van der Waals surface area (Å²) >= 11 is 0. The predicted molar refractivity (Wildman–Crippen MR) is 118 cm³/mol. The monoisotopic (exact) mass is 472 g/mol. The molecule has 1 aromatic carbocycles. The van der Waals surface area contributed by atoms with Crippen molar-refractivity contribution in [1.82, 2.24) is 15.5 Å². The van der Waals surface area contributed by atoms with Crippen LogP contribution in [0.4, 0.5) is 0 Å². The Labute approximate surface area is 175 Å². The quantitative estimate of drug-likeness (QED) is 0.393. The van der Waals surface area contributed by atoms with Gasteiger partial charge in [0.2, 0.25) is 0 Å². The minimum Gasteiger partial charge on any atom is -0.380 e. The van der Waals surface area contributed by atoms with Gasteiger partial charge in [0, 0.05) is 44.7 Å². The van der Waals surface area contributed by atoms with Gasteiger partial charge in [-0.2, -0.15) is 0 Å². The molecule has 2 saturated heterocycles. The molecule has 6 heteroatoms. The maximum absolute atomic E-state index is 5.32. The molecule has 0 unspecified atom stereocenters. The standard InChI is InChI=1S/C20H32N4O.HI/c1-16-6-4-5-7-17(16)12-24-10-8-18(9-11-24)23-19(21-3)22-13-20(2)14-25-15-20;/h4-7,18H,8-15H2,1-3H3,(H2,21,22,23);1H. The van der Waals surface area contributed by atoms with Gasteiger partial charge >= 0.3 is 0 Å². The lowest BCUT2D eigenvalue weighted by Gasteiger charge is -2.39. The number of piperidine rings is 1. The number of aliphatic imine (C=N–C) groups is 1. The summed E-state index contributed by atoms with van der Waals surface area (Å²) in [5.41, 5.74) is 3.09. The zero-order valence-corrected chi connectivity index (χ0v) is 18.6. The minimum absolute atomic E-state index is 0. The Morgan fingerprint density at radius 1 is 1.27 bits per heavy atom. The van der Waals surface area contributed by atoms with Gasteiger partial charge in [0.05, 0.1) is 13.2 Å². The van der Waals surface area contributed by atoms with Gasteiger partial charge in [-0.15, -0.1) is 24.0 Å². The van der Waals surface area contributed by atoms with Crippen molar-refractivity contribution in [3.05, 3.63) is 35.4 Å². The third-order valence-electron chi connectivity index (χ3n) is 5.39. The van der Waals surface area contributed by atoms with Gasteiger partial charge in [-0.3, -0.25) is 9.89 Å². The van der Waals surface area contributed by atoms with Crippen LogP contribution in [0.15, 0.2) is 29.3 Å². The molecular formula is C20H33IN4O. The highest BCUT2D eigenvalue weighted by molar-refractivity contribution is 14.0. The van der Waals surface area contributed by atoms with E-state index in [2.05, 4.69) is 58.6 Å². The Kier molecular flexibility index (Phi) is 8.16. The van der Waals surface area contributed by atoms with Crippen LogP contribution in [0, 0.1) is 12.3 Å². The van der Waals surface area contributed by atoms with Gasteiger partial charge in [-0.1, -0.05) is 31.2 Å². The van der Waals surface area contributed by atoms with Crippen molar-refractivity contribution in [3.8, 4) is 0 Å². The lowest BCUT2D eigenvalue weighted by atomic mass is 9.89. The van der Waals surface area contributed by atoms with Crippen molar-refractivity contribution in [1.29, 1.82) is 0 Å². The number of rotatable bonds is 5. The van der Waals surface area contributed by atoms with Crippen LogP contribution >= 0.6 is 24.0 Å². The van der Waals surface area contributed by atoms with E-state index in [-0.39, 0.29) is 29.4 Å². The molecule has 2 aliphatic rings. The molecule has 0 aliphatic carbocycles. The van der Waals surface area contributed by atoms with Gasteiger partial charge in [0.1, 0.15) is 0 Å². The molecule has 2 fully saturated rings. The second-order valence-corrected chi connectivity index (χ2v) is 7.85. The van der Waals surface area contributed by atoms with Gasteiger partial charge < -0.3 is 15.4 Å². The summed E-state index contributed by atoms with van der Waals surface area (Å²) in [5.74, 6) is 0.922. The Balaban J connectivity index is 0.00000243. The number of nitrogens with one attached hydrogen (secondary N) is 2. The van der Waals surface area contributed by atoms with Crippen molar-refractivity contribution in [2.24, 2.45) is 10.4 Å². The number of aryl methyl sites for hydroxylation is 1. The summed E-state index contributed by atoms with van der Waals surface area (Å²) in [6, 6.07) is 9.21. The largest absolute Gasteiger partial charge is 0.380 e. The maximum Gasteiger partial charge on any atom is 0.191 e. The van der Waals surface area contributed by atoms with E-state index in [4.69, 9.17) is 4.74 Å². The Bertz CT molecular complexity index is 595. The third-order valence-corrected chi connectivity index (χ3v) is 5.39. The highest BCUT2D eigenvalue weighted by Crippen LogP contribution is 2.25. The lowest BCUT2D eigenvalue weighted by molar-refractivity contribution is -0.0971. The maximum atomic E-state index is 5.32. The average Bonchev–Trinajstić information content (AvgIpc) is 2.60. The molecule has 0 saturated carbocycles. The number of likely N-dealkylation sites (tertiary alicyclic amines) is 1. The molecule has 3 rings (SSSR count). The molecule has 0 bridgehead atoms. The summed E-state index contributed by atoms with van der Waals surface area (Å²) in [5, 5.41) is 7.06. The Hall–Kier alpha value is -0.860. The van der Waals surface area contributed by atoms with Crippen LogP contribution in [-0.4, -0.2) is 56.8 Å². The zero-order valence-electron chi connectivity index (χ0n) is 16.3. The Morgan fingerprint density at radius 2 is 1.96 bits per heavy atom. The first-order chi connectivity index (χ1) is 12.1. The van der Waals surface area contributed by atoms with Crippen LogP contribution in [0.3, 0.4) is 0 Å². The van der Waals surface area contributed by atoms with E-state index in [9.17, 15) is 0 Å². The van der Waals surface area contributed by atoms with E-state index in [0.29, 0.717) is 6.04 Å². The zero-order chi connectivity index (χ0) is 17.7. The van der Waals surface area contributed by atoms with Crippen molar-refractivity contribution in [2.45, 2.75) is 39.3 Å². The molecule has 2 N–H and O–H groups in total. The smallest absolute Gasteiger partial charge is 0.191 e. The second-order valence-electron chi connectivity index (χ2n) is 7.85. The van der Waals surface area contributed by atoms with Crippen molar-refractivity contribution in [2.75, 3.05) is 39.9 Å². The molecule has 0 radical (unpaired) electrons. The van der Waals surface area contributed by atoms with Crippen molar-refractivity contribution < 1.29 is 4.74 Å². The van der Waals surface area contributed by atoms with E-state index in [0.717, 1.165) is 58.2 Å². The summed E-state index contributed by atoms with van der Waals surface area (Å²) in [4.78, 5) is 6.94.